The van der Waals surface area contributed by atoms with Crippen molar-refractivity contribution < 1.29 is 8.83 Å². The first-order chi connectivity index (χ1) is 31.2. The van der Waals surface area contributed by atoms with Gasteiger partial charge in [-0.1, -0.05) is 164 Å². The first-order valence-corrected chi connectivity index (χ1v) is 21.1. The summed E-state index contributed by atoms with van der Waals surface area (Å²) in [6.07, 6.45) is 0. The van der Waals surface area contributed by atoms with Gasteiger partial charge in [0.25, 0.3) is 0 Å². The topological polar surface area (TPSA) is 69.9 Å². The fourth-order valence-electron chi connectivity index (χ4n) is 9.45. The van der Waals surface area contributed by atoms with Crippen molar-refractivity contribution in [3.05, 3.63) is 206 Å². The summed E-state index contributed by atoms with van der Waals surface area (Å²) < 4.78 is 15.9. The monoisotopic (exact) mass is 806 g/mol. The predicted octanol–water partition coefficient (Wildman–Crippen LogP) is 15.1. The van der Waals surface area contributed by atoms with Gasteiger partial charge >= 0.3 is 0 Å². The first kappa shape index (κ1) is 35.2. The molecule has 13 rings (SSSR count). The molecule has 4 heterocycles. The van der Waals surface area contributed by atoms with Gasteiger partial charge in [0.15, 0.2) is 23.1 Å². The van der Waals surface area contributed by atoms with Gasteiger partial charge in [-0.3, -0.25) is 0 Å². The smallest absolute Gasteiger partial charge is 0.167 e. The largest absolute Gasteiger partial charge is 0.456 e. The highest BCUT2D eigenvalue weighted by molar-refractivity contribution is 6.19. The van der Waals surface area contributed by atoms with Gasteiger partial charge in [-0.2, -0.15) is 0 Å². The van der Waals surface area contributed by atoms with Crippen molar-refractivity contribution in [2.45, 2.75) is 0 Å². The van der Waals surface area contributed by atoms with Crippen molar-refractivity contribution in [2.24, 2.45) is 0 Å². The van der Waals surface area contributed by atoms with Gasteiger partial charge < -0.3 is 13.4 Å². The van der Waals surface area contributed by atoms with E-state index in [0.717, 1.165) is 82.8 Å². The second kappa shape index (κ2) is 14.0. The van der Waals surface area contributed by atoms with E-state index in [2.05, 4.69) is 144 Å². The summed E-state index contributed by atoms with van der Waals surface area (Å²) in [4.78, 5) is 15.6. The van der Waals surface area contributed by atoms with E-state index < -0.39 is 0 Å². The second-order valence-electron chi connectivity index (χ2n) is 15.9. The minimum atomic E-state index is 0.520. The van der Waals surface area contributed by atoms with Crippen LogP contribution in [-0.4, -0.2) is 19.5 Å². The van der Waals surface area contributed by atoms with Crippen molar-refractivity contribution in [1.29, 1.82) is 0 Å². The molecule has 0 amide bonds. The van der Waals surface area contributed by atoms with Crippen LogP contribution in [0.1, 0.15) is 0 Å². The Morgan fingerprint density at radius 2 is 0.889 bits per heavy atom. The Balaban J connectivity index is 1.07. The number of para-hydroxylation sites is 4. The molecule has 6 nitrogen and oxygen atoms in total. The third-order valence-corrected chi connectivity index (χ3v) is 12.3. The fraction of sp³-hybridized carbons (Fsp3) is 0. The molecule has 294 valence electrons. The Labute approximate surface area is 361 Å². The van der Waals surface area contributed by atoms with Crippen LogP contribution < -0.4 is 0 Å². The Morgan fingerprint density at radius 3 is 1.68 bits per heavy atom. The van der Waals surface area contributed by atoms with Gasteiger partial charge in [0.1, 0.15) is 16.7 Å². The van der Waals surface area contributed by atoms with Gasteiger partial charge in [-0.15, -0.1) is 0 Å². The zero-order chi connectivity index (χ0) is 41.4. The third kappa shape index (κ3) is 5.55. The molecular weight excluding hydrogens is 773 g/mol. The number of hydrogen-bond acceptors (Lipinski definition) is 5. The molecule has 0 bridgehead atoms. The molecule has 0 N–H and O–H groups in total. The van der Waals surface area contributed by atoms with Crippen LogP contribution in [0, 0.1) is 0 Å². The summed E-state index contributed by atoms with van der Waals surface area (Å²) in [6.45, 7) is 0. The molecule has 0 aliphatic heterocycles. The SMILES string of the molecule is c1ccc(-c2cc(-c3ccccc3)c3c4ccccc4n(-c4cccc5c4oc4c(-c6nc(-c7ccccc7)nc(-c7cccc8oc9ccccc9c78)n6)cccc45)c3c2)cc1. The highest BCUT2D eigenvalue weighted by Gasteiger charge is 2.24. The minimum Gasteiger partial charge on any atom is -0.456 e. The lowest BCUT2D eigenvalue weighted by Gasteiger charge is -2.12. The summed E-state index contributed by atoms with van der Waals surface area (Å²) in [5.41, 5.74) is 13.4. The quantitative estimate of drug-likeness (QED) is 0.167. The third-order valence-electron chi connectivity index (χ3n) is 12.3. The van der Waals surface area contributed by atoms with Crippen LogP contribution in [0.4, 0.5) is 0 Å². The minimum absolute atomic E-state index is 0.520. The maximum absolute atomic E-state index is 7.19. The number of benzene rings is 9. The van der Waals surface area contributed by atoms with E-state index in [1.54, 1.807) is 0 Å². The molecule has 13 aromatic rings. The molecule has 0 spiro atoms. The van der Waals surface area contributed by atoms with Crippen LogP contribution in [-0.2, 0) is 0 Å². The van der Waals surface area contributed by atoms with Crippen LogP contribution in [0.15, 0.2) is 215 Å². The average Bonchev–Trinajstić information content (AvgIpc) is 4.04. The highest BCUT2D eigenvalue weighted by Crippen LogP contribution is 2.45. The Morgan fingerprint density at radius 1 is 0.317 bits per heavy atom. The van der Waals surface area contributed by atoms with E-state index in [1.165, 1.54) is 21.9 Å². The molecule has 0 radical (unpaired) electrons. The van der Waals surface area contributed by atoms with Crippen molar-refractivity contribution in [3.8, 4) is 62.1 Å². The summed E-state index contributed by atoms with van der Waals surface area (Å²) in [6, 6.07) is 71.5. The van der Waals surface area contributed by atoms with E-state index in [4.69, 9.17) is 23.8 Å². The molecule has 0 unspecified atom stereocenters. The number of fused-ring (bicyclic) bond motifs is 9. The van der Waals surface area contributed by atoms with Gasteiger partial charge in [0.2, 0.25) is 0 Å². The number of nitrogens with zero attached hydrogens (tertiary/aromatic N) is 4. The lowest BCUT2D eigenvalue weighted by molar-refractivity contribution is 0.667. The van der Waals surface area contributed by atoms with E-state index in [1.807, 2.05) is 66.7 Å². The zero-order valence-corrected chi connectivity index (χ0v) is 33.7. The molecule has 0 fully saturated rings. The number of aromatic nitrogens is 4. The molecule has 0 atom stereocenters. The average molecular weight is 807 g/mol. The predicted molar refractivity (Wildman–Crippen MR) is 256 cm³/mol. The molecular formula is C57H34N4O2. The Bertz CT molecular complexity index is 3900. The molecule has 9 aromatic carbocycles. The van der Waals surface area contributed by atoms with Crippen LogP contribution >= 0.6 is 0 Å². The lowest BCUT2D eigenvalue weighted by atomic mass is 9.94. The van der Waals surface area contributed by atoms with Gasteiger partial charge in [0.05, 0.1) is 22.3 Å². The zero-order valence-electron chi connectivity index (χ0n) is 33.7. The molecule has 63 heavy (non-hydrogen) atoms. The Hall–Kier alpha value is -8.61. The lowest BCUT2D eigenvalue weighted by Crippen LogP contribution is -2.00. The number of rotatable bonds is 6. The van der Waals surface area contributed by atoms with E-state index >= 15 is 0 Å². The summed E-state index contributed by atoms with van der Waals surface area (Å²) >= 11 is 0. The van der Waals surface area contributed by atoms with Gasteiger partial charge in [-0.05, 0) is 64.7 Å². The van der Waals surface area contributed by atoms with E-state index in [9.17, 15) is 0 Å². The van der Waals surface area contributed by atoms with E-state index in [0.29, 0.717) is 23.1 Å². The van der Waals surface area contributed by atoms with Crippen LogP contribution in [0.2, 0.25) is 0 Å². The normalized spacial score (nSPS) is 11.8. The standard InChI is InChI=1S/C57H34N4O2/c1-4-17-35(18-5-1)38-33-45(36-19-6-2-7-20-36)51-41-23-10-12-29-46(41)61(48(51)34-38)47-30-15-26-40-39-25-14-28-44(53(39)63-54(40)47)57-59-55(37-21-8-3-9-22-37)58-56(60-57)43-27-16-32-50-52(43)42-24-11-13-31-49(42)62-50/h1-34H. The molecule has 4 aromatic heterocycles. The summed E-state index contributed by atoms with van der Waals surface area (Å²) in [7, 11) is 0. The van der Waals surface area contributed by atoms with Crippen LogP contribution in [0.5, 0.6) is 0 Å². The molecule has 0 saturated heterocycles. The van der Waals surface area contributed by atoms with Crippen molar-refractivity contribution in [2.75, 3.05) is 0 Å². The second-order valence-corrected chi connectivity index (χ2v) is 15.9. The number of furan rings is 2. The molecule has 0 aliphatic carbocycles. The molecule has 0 saturated carbocycles. The van der Waals surface area contributed by atoms with Gasteiger partial charge in [0, 0.05) is 43.4 Å². The van der Waals surface area contributed by atoms with Crippen molar-refractivity contribution in [3.63, 3.8) is 0 Å². The van der Waals surface area contributed by atoms with Crippen molar-refractivity contribution >= 4 is 65.7 Å². The fourth-order valence-corrected chi connectivity index (χ4v) is 9.45. The molecule has 0 aliphatic rings. The number of hydrogen-bond donors (Lipinski definition) is 0. The van der Waals surface area contributed by atoms with Crippen LogP contribution in [0.3, 0.4) is 0 Å². The van der Waals surface area contributed by atoms with Crippen LogP contribution in [0.25, 0.3) is 128 Å². The van der Waals surface area contributed by atoms with E-state index in [-0.39, 0.29) is 0 Å². The Kier molecular flexibility index (Phi) is 7.80. The molecule has 6 heteroatoms. The summed E-state index contributed by atoms with van der Waals surface area (Å²) in [5, 5.41) is 6.32. The van der Waals surface area contributed by atoms with Crippen molar-refractivity contribution in [1.82, 2.24) is 19.5 Å². The maximum Gasteiger partial charge on any atom is 0.167 e. The first-order valence-electron chi connectivity index (χ1n) is 21.1. The van der Waals surface area contributed by atoms with Gasteiger partial charge in [-0.25, -0.2) is 15.0 Å². The maximum atomic E-state index is 7.19. The summed E-state index contributed by atoms with van der Waals surface area (Å²) in [5.74, 6) is 1.65. The highest BCUT2D eigenvalue weighted by atomic mass is 16.3.